The molecule has 6 heteroatoms. The number of rotatable bonds is 4. The molecule has 3 N–H and O–H groups in total. The van der Waals surface area contributed by atoms with Crippen LogP contribution < -0.4 is 15.6 Å². The molecular weight excluding hydrogens is 320 g/mol. The molecule has 1 heterocycles. The van der Waals surface area contributed by atoms with Crippen LogP contribution in [-0.4, -0.2) is 23.1 Å². The minimum atomic E-state index is -0.467. The molecule has 25 heavy (non-hydrogen) atoms. The summed E-state index contributed by atoms with van der Waals surface area (Å²) in [5, 5.41) is 12.4. The highest BCUT2D eigenvalue weighted by atomic mass is 16.5. The number of aromatic hydroxyl groups is 1. The van der Waals surface area contributed by atoms with Crippen LogP contribution in [0.5, 0.6) is 11.5 Å². The van der Waals surface area contributed by atoms with E-state index in [0.717, 1.165) is 0 Å². The number of amides is 1. The predicted molar refractivity (Wildman–Crippen MR) is 95.1 cm³/mol. The van der Waals surface area contributed by atoms with Crippen LogP contribution in [0.4, 0.5) is 5.69 Å². The summed E-state index contributed by atoms with van der Waals surface area (Å²) in [6.07, 6.45) is 1.41. The number of phenolic OH excluding ortho intramolecular Hbond substituents is 1. The molecule has 0 aliphatic rings. The molecule has 0 fully saturated rings. The van der Waals surface area contributed by atoms with Gasteiger partial charge < -0.3 is 20.1 Å². The number of aromatic nitrogens is 1. The van der Waals surface area contributed by atoms with Crippen molar-refractivity contribution in [3.05, 3.63) is 76.7 Å². The van der Waals surface area contributed by atoms with Gasteiger partial charge in [0.25, 0.3) is 11.5 Å². The molecule has 0 atom stereocenters. The molecule has 6 nitrogen and oxygen atoms in total. The van der Waals surface area contributed by atoms with Gasteiger partial charge in [-0.1, -0.05) is 24.3 Å². The summed E-state index contributed by atoms with van der Waals surface area (Å²) in [6.45, 7) is 0. The zero-order chi connectivity index (χ0) is 17.8. The van der Waals surface area contributed by atoms with Crippen LogP contribution in [0.25, 0.3) is 11.1 Å². The second-order valence-electron chi connectivity index (χ2n) is 5.33. The summed E-state index contributed by atoms with van der Waals surface area (Å²) in [6, 6.07) is 14.8. The molecule has 126 valence electrons. The van der Waals surface area contributed by atoms with Gasteiger partial charge in [-0.3, -0.25) is 9.59 Å². The largest absolute Gasteiger partial charge is 0.507 e. The number of carbonyl (C=O) groups is 1. The topological polar surface area (TPSA) is 91.4 Å². The van der Waals surface area contributed by atoms with Gasteiger partial charge in [0.15, 0.2) is 0 Å². The average Bonchev–Trinajstić information content (AvgIpc) is 2.63. The Morgan fingerprint density at radius 3 is 2.52 bits per heavy atom. The van der Waals surface area contributed by atoms with Gasteiger partial charge >= 0.3 is 0 Å². The van der Waals surface area contributed by atoms with Crippen molar-refractivity contribution < 1.29 is 14.6 Å². The van der Waals surface area contributed by atoms with Crippen LogP contribution in [-0.2, 0) is 0 Å². The quantitative estimate of drug-likeness (QED) is 0.683. The molecule has 0 radical (unpaired) electrons. The first-order chi connectivity index (χ1) is 12.1. The lowest BCUT2D eigenvalue weighted by Gasteiger charge is -2.08. The van der Waals surface area contributed by atoms with Gasteiger partial charge in [-0.25, -0.2) is 0 Å². The maximum atomic E-state index is 12.3. The summed E-state index contributed by atoms with van der Waals surface area (Å²) in [5.74, 6) is 0.106. The molecule has 0 aliphatic carbocycles. The first kappa shape index (κ1) is 16.3. The van der Waals surface area contributed by atoms with Gasteiger partial charge in [-0.05, 0) is 35.9 Å². The molecule has 2 aromatic carbocycles. The first-order valence-electron chi connectivity index (χ1n) is 7.55. The highest BCUT2D eigenvalue weighted by Crippen LogP contribution is 2.22. The van der Waals surface area contributed by atoms with Crippen LogP contribution in [0.3, 0.4) is 0 Å². The third-order valence-corrected chi connectivity index (χ3v) is 3.71. The fraction of sp³-hybridized carbons (Fsp3) is 0.0526. The number of carbonyl (C=O) groups excluding carboxylic acids is 1. The van der Waals surface area contributed by atoms with Gasteiger partial charge in [0.1, 0.15) is 11.5 Å². The van der Waals surface area contributed by atoms with Gasteiger partial charge in [0.2, 0.25) is 0 Å². The van der Waals surface area contributed by atoms with E-state index in [1.807, 2.05) is 0 Å². The molecule has 1 aromatic heterocycles. The Labute approximate surface area is 143 Å². The van der Waals surface area contributed by atoms with Crippen molar-refractivity contribution in [2.45, 2.75) is 0 Å². The lowest BCUT2D eigenvalue weighted by Crippen LogP contribution is -2.15. The number of hydrogen-bond donors (Lipinski definition) is 3. The van der Waals surface area contributed by atoms with E-state index in [-0.39, 0.29) is 16.9 Å². The second kappa shape index (κ2) is 6.92. The van der Waals surface area contributed by atoms with E-state index in [0.29, 0.717) is 22.6 Å². The van der Waals surface area contributed by atoms with Gasteiger partial charge in [0, 0.05) is 11.8 Å². The van der Waals surface area contributed by atoms with Crippen molar-refractivity contribution in [1.82, 2.24) is 4.98 Å². The maximum absolute atomic E-state index is 12.3. The van der Waals surface area contributed by atoms with E-state index in [1.165, 1.54) is 18.3 Å². The Morgan fingerprint density at radius 1 is 1.12 bits per heavy atom. The van der Waals surface area contributed by atoms with Gasteiger partial charge in [0.05, 0.1) is 18.4 Å². The Hall–Kier alpha value is -3.54. The van der Waals surface area contributed by atoms with E-state index < -0.39 is 5.91 Å². The maximum Gasteiger partial charge on any atom is 0.259 e. The zero-order valence-corrected chi connectivity index (χ0v) is 13.4. The third kappa shape index (κ3) is 3.53. The lowest BCUT2D eigenvalue weighted by atomic mass is 10.1. The van der Waals surface area contributed by atoms with Crippen molar-refractivity contribution in [1.29, 1.82) is 0 Å². The van der Waals surface area contributed by atoms with Gasteiger partial charge in [-0.15, -0.1) is 0 Å². The monoisotopic (exact) mass is 336 g/mol. The minimum absolute atomic E-state index is 0.111. The number of aromatic amines is 1. The first-order valence-corrected chi connectivity index (χ1v) is 7.55. The molecule has 0 saturated heterocycles. The smallest absolute Gasteiger partial charge is 0.259 e. The summed E-state index contributed by atoms with van der Waals surface area (Å²) in [4.78, 5) is 27.0. The van der Waals surface area contributed by atoms with E-state index >= 15 is 0 Å². The molecule has 0 aliphatic heterocycles. The normalized spacial score (nSPS) is 10.3. The summed E-state index contributed by atoms with van der Waals surface area (Å²) in [7, 11) is 1.57. The van der Waals surface area contributed by atoms with Crippen LogP contribution in [0.2, 0.25) is 0 Å². The predicted octanol–water partition coefficient (Wildman–Crippen LogP) is 3.01. The fourth-order valence-corrected chi connectivity index (χ4v) is 2.41. The highest BCUT2D eigenvalue weighted by Gasteiger charge is 2.12. The molecule has 0 bridgehead atoms. The van der Waals surface area contributed by atoms with Crippen LogP contribution >= 0.6 is 0 Å². The second-order valence-corrected chi connectivity index (χ2v) is 5.33. The van der Waals surface area contributed by atoms with Crippen molar-refractivity contribution in [2.75, 3.05) is 12.4 Å². The van der Waals surface area contributed by atoms with Crippen molar-refractivity contribution >= 4 is 11.6 Å². The molecule has 3 aromatic rings. The minimum Gasteiger partial charge on any atom is -0.507 e. The number of pyridine rings is 1. The summed E-state index contributed by atoms with van der Waals surface area (Å²) < 4.78 is 5.11. The molecule has 0 unspecified atom stereocenters. The number of H-pyrrole nitrogens is 1. The Balaban J connectivity index is 1.90. The standard InChI is InChI=1S/C19H16N2O4/c1-25-14-8-6-12(7-9-14)16-10-13(11-20-18(16)23)21-19(24)15-4-2-3-5-17(15)22/h2-11,22H,1H3,(H,20,23)(H,21,24). The molecule has 0 spiro atoms. The zero-order valence-electron chi connectivity index (χ0n) is 13.4. The molecular formula is C19H16N2O4. The van der Waals surface area contributed by atoms with E-state index in [9.17, 15) is 14.7 Å². The number of hydrogen-bond acceptors (Lipinski definition) is 4. The Bertz CT molecular complexity index is 962. The summed E-state index contributed by atoms with van der Waals surface area (Å²) >= 11 is 0. The van der Waals surface area contributed by atoms with E-state index in [1.54, 1.807) is 49.6 Å². The molecule has 0 saturated carbocycles. The molecule has 1 amide bonds. The Kier molecular flexibility index (Phi) is 4.52. The van der Waals surface area contributed by atoms with Crippen molar-refractivity contribution in [3.8, 4) is 22.6 Å². The molecule has 3 rings (SSSR count). The third-order valence-electron chi connectivity index (χ3n) is 3.71. The number of anilines is 1. The van der Waals surface area contributed by atoms with Crippen LogP contribution in [0.15, 0.2) is 65.6 Å². The lowest BCUT2D eigenvalue weighted by molar-refractivity contribution is 0.102. The highest BCUT2D eigenvalue weighted by molar-refractivity contribution is 6.06. The van der Waals surface area contributed by atoms with Gasteiger partial charge in [-0.2, -0.15) is 0 Å². The fourth-order valence-electron chi connectivity index (χ4n) is 2.41. The Morgan fingerprint density at radius 2 is 1.84 bits per heavy atom. The van der Waals surface area contributed by atoms with E-state index in [4.69, 9.17) is 4.74 Å². The SMILES string of the molecule is COc1ccc(-c2cc(NC(=O)c3ccccc3O)c[nH]c2=O)cc1. The van der Waals surface area contributed by atoms with Crippen LogP contribution in [0, 0.1) is 0 Å². The van der Waals surface area contributed by atoms with Crippen LogP contribution in [0.1, 0.15) is 10.4 Å². The van der Waals surface area contributed by atoms with Crippen molar-refractivity contribution in [2.24, 2.45) is 0 Å². The van der Waals surface area contributed by atoms with Crippen molar-refractivity contribution in [3.63, 3.8) is 0 Å². The number of benzene rings is 2. The number of para-hydroxylation sites is 1. The summed E-state index contributed by atoms with van der Waals surface area (Å²) in [5.41, 5.74) is 1.41. The average molecular weight is 336 g/mol. The number of phenols is 1. The number of ether oxygens (including phenoxy) is 1. The number of methoxy groups -OCH3 is 1. The van der Waals surface area contributed by atoms with E-state index in [2.05, 4.69) is 10.3 Å². The number of nitrogens with one attached hydrogen (secondary N) is 2.